The van der Waals surface area contributed by atoms with Crippen LogP contribution in [0.1, 0.15) is 12.8 Å². The van der Waals surface area contributed by atoms with Gasteiger partial charge in [-0.1, -0.05) is 0 Å². The van der Waals surface area contributed by atoms with Crippen LogP contribution < -0.4 is 0 Å². The Bertz CT molecular complexity index is 60.7. The van der Waals surface area contributed by atoms with Crippen LogP contribution in [-0.2, 0) is 0 Å². The van der Waals surface area contributed by atoms with Crippen molar-refractivity contribution in [3.05, 3.63) is 5.92 Å². The molecule has 2 saturated heterocycles. The lowest BCUT2D eigenvalue weighted by Gasteiger charge is -2.40. The highest BCUT2D eigenvalue weighted by molar-refractivity contribution is 7.38. The first-order valence-electron chi connectivity index (χ1n) is 2.99. The van der Waals surface area contributed by atoms with E-state index in [0.717, 1.165) is 5.92 Å². The lowest BCUT2D eigenvalue weighted by Crippen LogP contribution is -2.29. The van der Waals surface area contributed by atoms with E-state index >= 15 is 0 Å². The van der Waals surface area contributed by atoms with E-state index in [1.54, 1.807) is 6.16 Å². The molecule has 3 fully saturated rings. The fourth-order valence-corrected chi connectivity index (χ4v) is 2.98. The van der Waals surface area contributed by atoms with Crippen LogP contribution in [0.5, 0.6) is 0 Å². The van der Waals surface area contributed by atoms with E-state index in [2.05, 4.69) is 0 Å². The summed E-state index contributed by atoms with van der Waals surface area (Å²) < 4.78 is 0. The van der Waals surface area contributed by atoms with Crippen molar-refractivity contribution in [2.24, 2.45) is 5.92 Å². The van der Waals surface area contributed by atoms with Gasteiger partial charge < -0.3 is 0 Å². The Balaban J connectivity index is 1.99. The molecule has 1 unspecified atom stereocenters. The van der Waals surface area contributed by atoms with Crippen LogP contribution in [0.15, 0.2) is 0 Å². The summed E-state index contributed by atoms with van der Waals surface area (Å²) in [6.07, 6.45) is 6.07. The first-order valence-corrected chi connectivity index (χ1v) is 4.41. The van der Waals surface area contributed by atoms with E-state index in [1.165, 1.54) is 27.6 Å². The summed E-state index contributed by atoms with van der Waals surface area (Å²) in [6, 6.07) is 0. The molecule has 2 heterocycles. The van der Waals surface area contributed by atoms with Gasteiger partial charge in [-0.3, -0.25) is 0 Å². The van der Waals surface area contributed by atoms with E-state index in [0.29, 0.717) is 0 Å². The van der Waals surface area contributed by atoms with Gasteiger partial charge in [0, 0.05) is 0 Å². The van der Waals surface area contributed by atoms with E-state index in [1.807, 2.05) is 5.92 Å². The first kappa shape index (κ1) is 4.32. The van der Waals surface area contributed by atoms with Crippen molar-refractivity contribution in [3.8, 4) is 0 Å². The number of fused-ring (bicyclic) bond motifs is 2. The second-order valence-corrected chi connectivity index (χ2v) is 3.92. The van der Waals surface area contributed by atoms with Gasteiger partial charge in [0.25, 0.3) is 0 Å². The summed E-state index contributed by atoms with van der Waals surface area (Å²) in [6.45, 7) is 0. The molecule has 2 aliphatic heterocycles. The minimum absolute atomic E-state index is 1.15. The van der Waals surface area contributed by atoms with Crippen molar-refractivity contribution < 1.29 is 0 Å². The molecule has 0 N–H and O–H groups in total. The van der Waals surface area contributed by atoms with Gasteiger partial charge in [0.1, 0.15) is 0 Å². The monoisotopic (exact) mass is 113 g/mol. The van der Waals surface area contributed by atoms with Crippen molar-refractivity contribution in [2.45, 2.75) is 12.8 Å². The highest BCUT2D eigenvalue weighted by Crippen LogP contribution is 2.47. The molecule has 0 nitrogen and oxygen atoms in total. The zero-order valence-corrected chi connectivity index (χ0v) is 5.41. The van der Waals surface area contributed by atoms with Crippen molar-refractivity contribution in [3.63, 3.8) is 0 Å². The van der Waals surface area contributed by atoms with Crippen molar-refractivity contribution in [1.29, 1.82) is 0 Å². The molecule has 3 aliphatic rings. The van der Waals surface area contributed by atoms with Gasteiger partial charge in [0.15, 0.2) is 0 Å². The molecule has 1 aliphatic carbocycles. The second-order valence-electron chi connectivity index (χ2n) is 2.66. The minimum atomic E-state index is 1.15. The molecule has 3 rings (SSSR count). The molecule has 1 radical (unpaired) electrons. The summed E-state index contributed by atoms with van der Waals surface area (Å²) in [5.74, 6) is 3.02. The Hall–Kier alpha value is 0.430. The smallest absolute Gasteiger partial charge is 0.0195 e. The molecule has 39 valence electrons. The average molecular weight is 113 g/mol. The van der Waals surface area contributed by atoms with Crippen molar-refractivity contribution in [2.75, 3.05) is 12.3 Å². The Morgan fingerprint density at radius 3 is 2.43 bits per heavy atom. The molecule has 0 spiro atoms. The van der Waals surface area contributed by atoms with Crippen LogP contribution in [0.3, 0.4) is 0 Å². The van der Waals surface area contributed by atoms with Crippen LogP contribution in [-0.4, -0.2) is 12.3 Å². The summed E-state index contributed by atoms with van der Waals surface area (Å²) in [7, 11) is 1.29. The molecule has 1 heteroatoms. The lowest BCUT2D eigenvalue weighted by atomic mass is 9.77. The van der Waals surface area contributed by atoms with E-state index in [4.69, 9.17) is 0 Å². The Labute approximate surface area is 46.5 Å². The lowest BCUT2D eigenvalue weighted by molar-refractivity contribution is 0.386. The molecule has 1 atom stereocenters. The van der Waals surface area contributed by atoms with Gasteiger partial charge in [-0.2, -0.15) is 0 Å². The topological polar surface area (TPSA) is 0 Å². The van der Waals surface area contributed by atoms with Gasteiger partial charge in [-0.05, 0) is 37.0 Å². The predicted molar refractivity (Wildman–Crippen MR) is 34.0 cm³/mol. The summed E-state index contributed by atoms with van der Waals surface area (Å²) in [5, 5.41) is 0. The molecule has 1 saturated carbocycles. The highest BCUT2D eigenvalue weighted by Gasteiger charge is 2.32. The third-order valence-corrected chi connectivity index (χ3v) is 3.58. The molecular formula is C6H10P. The van der Waals surface area contributed by atoms with Gasteiger partial charge in [-0.15, -0.1) is 8.58 Å². The fourth-order valence-electron chi connectivity index (χ4n) is 1.50. The summed E-state index contributed by atoms with van der Waals surface area (Å²) >= 11 is 0. The Morgan fingerprint density at radius 1 is 1.43 bits per heavy atom. The molecule has 0 amide bonds. The summed E-state index contributed by atoms with van der Waals surface area (Å²) in [4.78, 5) is 0. The van der Waals surface area contributed by atoms with E-state index < -0.39 is 0 Å². The third kappa shape index (κ3) is 0.606. The summed E-state index contributed by atoms with van der Waals surface area (Å²) in [5.41, 5.74) is 0. The highest BCUT2D eigenvalue weighted by atomic mass is 31.1. The van der Waals surface area contributed by atoms with Crippen LogP contribution in [0.4, 0.5) is 0 Å². The molecule has 7 heavy (non-hydrogen) atoms. The van der Waals surface area contributed by atoms with Gasteiger partial charge in [0.2, 0.25) is 0 Å². The zero-order valence-electron chi connectivity index (χ0n) is 4.41. The largest absolute Gasteiger partial charge is 0.121 e. The van der Waals surface area contributed by atoms with Crippen LogP contribution in [0.25, 0.3) is 0 Å². The molecule has 2 bridgehead atoms. The maximum absolute atomic E-state index is 1.87. The van der Waals surface area contributed by atoms with Gasteiger partial charge in [0.05, 0.1) is 0 Å². The number of hydrogen-bond acceptors (Lipinski definition) is 0. The van der Waals surface area contributed by atoms with Crippen LogP contribution >= 0.6 is 8.58 Å². The average Bonchev–Trinajstić information content (AvgIpc) is 1.67. The third-order valence-electron chi connectivity index (χ3n) is 1.96. The SMILES string of the molecule is C1PCC2C[C]1C2. The Morgan fingerprint density at radius 2 is 2.29 bits per heavy atom. The van der Waals surface area contributed by atoms with Crippen LogP contribution in [0, 0.1) is 11.8 Å². The predicted octanol–water partition coefficient (Wildman–Crippen LogP) is 1.66. The molecular weight excluding hydrogens is 103 g/mol. The normalized spacial score (nSPS) is 43.7. The number of rotatable bonds is 0. The molecule has 0 aromatic rings. The van der Waals surface area contributed by atoms with E-state index in [9.17, 15) is 0 Å². The molecule has 0 aromatic heterocycles. The van der Waals surface area contributed by atoms with Crippen molar-refractivity contribution >= 4 is 8.58 Å². The second kappa shape index (κ2) is 1.45. The maximum Gasteiger partial charge on any atom is -0.0195 e. The van der Waals surface area contributed by atoms with Gasteiger partial charge in [-0.25, -0.2) is 0 Å². The Kier molecular flexibility index (Phi) is 0.896. The minimum Gasteiger partial charge on any atom is -0.121 e. The maximum atomic E-state index is 1.87. The first-order chi connectivity index (χ1) is 3.45. The van der Waals surface area contributed by atoms with E-state index in [-0.39, 0.29) is 0 Å². The fraction of sp³-hybridized carbons (Fsp3) is 0.833. The van der Waals surface area contributed by atoms with Crippen LogP contribution in [0.2, 0.25) is 0 Å². The van der Waals surface area contributed by atoms with Gasteiger partial charge >= 0.3 is 0 Å². The number of hydrogen-bond donors (Lipinski definition) is 0. The van der Waals surface area contributed by atoms with Crippen molar-refractivity contribution in [1.82, 2.24) is 0 Å². The quantitative estimate of drug-likeness (QED) is 0.419. The standard InChI is InChI=1S/C6H10P/c1-5-2-6(1)4-7-3-5/h5,7H,1-4H2. The molecule has 0 aromatic carbocycles. The zero-order chi connectivity index (χ0) is 4.69.